The third-order valence-electron chi connectivity index (χ3n) is 4.07. The molecular weight excluding hydrogens is 332 g/mol. The number of hydrogen-bond donors (Lipinski definition) is 2. The van der Waals surface area contributed by atoms with E-state index in [1.807, 2.05) is 31.2 Å². The molecule has 1 amide bonds. The lowest BCUT2D eigenvalue weighted by molar-refractivity contribution is -0.124. The summed E-state index contributed by atoms with van der Waals surface area (Å²) >= 11 is 3.41. The number of aliphatic hydroxyl groups is 1. The van der Waals surface area contributed by atoms with E-state index in [9.17, 15) is 4.79 Å². The number of halogens is 1. The van der Waals surface area contributed by atoms with Gasteiger partial charge in [0.05, 0.1) is 19.2 Å². The highest BCUT2D eigenvalue weighted by Crippen LogP contribution is 2.24. The molecule has 21 heavy (non-hydrogen) atoms. The first-order chi connectivity index (χ1) is 10.1. The number of benzene rings is 1. The van der Waals surface area contributed by atoms with Gasteiger partial charge in [-0.2, -0.15) is 0 Å². The van der Waals surface area contributed by atoms with Crippen molar-refractivity contribution >= 4 is 21.8 Å². The van der Waals surface area contributed by atoms with Crippen LogP contribution in [0.25, 0.3) is 0 Å². The minimum absolute atomic E-state index is 0.0111. The van der Waals surface area contributed by atoms with Gasteiger partial charge in [0.1, 0.15) is 0 Å². The third-order valence-corrected chi connectivity index (χ3v) is 4.60. The topological polar surface area (TPSA) is 52.6 Å². The average Bonchev–Trinajstić information content (AvgIpc) is 2.37. The van der Waals surface area contributed by atoms with E-state index in [4.69, 9.17) is 5.11 Å². The molecule has 1 atom stereocenters. The largest absolute Gasteiger partial charge is 0.395 e. The molecule has 4 nitrogen and oxygen atoms in total. The molecule has 0 aliphatic heterocycles. The summed E-state index contributed by atoms with van der Waals surface area (Å²) in [5.41, 5.74) is 1.09. The van der Waals surface area contributed by atoms with Crippen molar-refractivity contribution in [1.29, 1.82) is 0 Å². The van der Waals surface area contributed by atoms with Crippen molar-refractivity contribution < 1.29 is 9.90 Å². The maximum atomic E-state index is 12.2. The zero-order chi connectivity index (χ0) is 15.2. The van der Waals surface area contributed by atoms with E-state index in [-0.39, 0.29) is 18.6 Å². The van der Waals surface area contributed by atoms with Gasteiger partial charge in [-0.1, -0.05) is 34.5 Å². The lowest BCUT2D eigenvalue weighted by Crippen LogP contribution is -2.47. The van der Waals surface area contributed by atoms with Gasteiger partial charge in [0.25, 0.3) is 0 Å². The summed E-state index contributed by atoms with van der Waals surface area (Å²) in [4.78, 5) is 14.3. The van der Waals surface area contributed by atoms with E-state index in [0.29, 0.717) is 19.1 Å². The normalized spacial score (nSPS) is 16.6. The highest BCUT2D eigenvalue weighted by molar-refractivity contribution is 9.10. The monoisotopic (exact) mass is 354 g/mol. The number of rotatable bonds is 7. The van der Waals surface area contributed by atoms with Crippen LogP contribution in [0.15, 0.2) is 28.7 Å². The summed E-state index contributed by atoms with van der Waals surface area (Å²) < 4.78 is 1.03. The van der Waals surface area contributed by atoms with Gasteiger partial charge < -0.3 is 10.4 Å². The van der Waals surface area contributed by atoms with Crippen molar-refractivity contribution in [3.05, 3.63) is 34.3 Å². The Kier molecular flexibility index (Phi) is 6.21. The first-order valence-corrected chi connectivity index (χ1v) is 8.29. The lowest BCUT2D eigenvalue weighted by atomic mass is 9.91. The van der Waals surface area contributed by atoms with E-state index in [1.54, 1.807) is 0 Å². The molecule has 0 bridgehead atoms. The van der Waals surface area contributed by atoms with Crippen molar-refractivity contribution in [2.75, 3.05) is 19.7 Å². The van der Waals surface area contributed by atoms with Crippen LogP contribution in [-0.4, -0.2) is 41.7 Å². The molecule has 1 aliphatic rings. The maximum Gasteiger partial charge on any atom is 0.234 e. The van der Waals surface area contributed by atoms with Gasteiger partial charge in [-0.25, -0.2) is 0 Å². The van der Waals surface area contributed by atoms with Gasteiger partial charge in [0.15, 0.2) is 0 Å². The van der Waals surface area contributed by atoms with Crippen LogP contribution in [0.3, 0.4) is 0 Å². The van der Waals surface area contributed by atoms with Crippen molar-refractivity contribution in [1.82, 2.24) is 10.2 Å². The van der Waals surface area contributed by atoms with E-state index >= 15 is 0 Å². The molecule has 5 heteroatoms. The Morgan fingerprint density at radius 2 is 2.10 bits per heavy atom. The SMILES string of the molecule is CC(NC(=O)CN(CCO)C1CCC1)c1ccc(Br)cc1. The van der Waals surface area contributed by atoms with Gasteiger partial charge in [-0.3, -0.25) is 9.69 Å². The minimum Gasteiger partial charge on any atom is -0.395 e. The van der Waals surface area contributed by atoms with E-state index < -0.39 is 0 Å². The smallest absolute Gasteiger partial charge is 0.234 e. The van der Waals surface area contributed by atoms with Gasteiger partial charge >= 0.3 is 0 Å². The van der Waals surface area contributed by atoms with Crippen LogP contribution in [0.4, 0.5) is 0 Å². The van der Waals surface area contributed by atoms with Crippen molar-refractivity contribution in [2.24, 2.45) is 0 Å². The molecule has 1 aromatic carbocycles. The predicted octanol–water partition coefficient (Wildman–Crippen LogP) is 2.47. The molecule has 1 aliphatic carbocycles. The fourth-order valence-electron chi connectivity index (χ4n) is 2.58. The first kappa shape index (κ1) is 16.5. The molecular formula is C16H23BrN2O2. The van der Waals surface area contributed by atoms with Crippen molar-refractivity contribution in [3.63, 3.8) is 0 Å². The Balaban J connectivity index is 1.86. The number of carbonyl (C=O) groups excluding carboxylic acids is 1. The molecule has 1 unspecified atom stereocenters. The number of amides is 1. The molecule has 0 spiro atoms. The fourth-order valence-corrected chi connectivity index (χ4v) is 2.84. The summed E-state index contributed by atoms with van der Waals surface area (Å²) in [5.74, 6) is 0.0192. The predicted molar refractivity (Wildman–Crippen MR) is 87.0 cm³/mol. The van der Waals surface area contributed by atoms with Gasteiger partial charge in [-0.05, 0) is 37.5 Å². The van der Waals surface area contributed by atoms with Crippen LogP contribution >= 0.6 is 15.9 Å². The second kappa shape index (κ2) is 7.92. The molecule has 0 heterocycles. The summed E-state index contributed by atoms with van der Waals surface area (Å²) in [6, 6.07) is 8.42. The quantitative estimate of drug-likeness (QED) is 0.790. The minimum atomic E-state index is -0.0111. The number of aliphatic hydroxyl groups excluding tert-OH is 1. The van der Waals surface area contributed by atoms with Gasteiger partial charge in [-0.15, -0.1) is 0 Å². The molecule has 1 aromatic rings. The number of nitrogens with zero attached hydrogens (tertiary/aromatic N) is 1. The van der Waals surface area contributed by atoms with Gasteiger partial charge in [0.2, 0.25) is 5.91 Å². The van der Waals surface area contributed by atoms with Crippen LogP contribution < -0.4 is 5.32 Å². The molecule has 0 saturated heterocycles. The Hall–Kier alpha value is -0.910. The highest BCUT2D eigenvalue weighted by atomic mass is 79.9. The Bertz CT molecular complexity index is 460. The highest BCUT2D eigenvalue weighted by Gasteiger charge is 2.26. The maximum absolute atomic E-state index is 12.2. The van der Waals surface area contributed by atoms with Crippen LogP contribution in [0.1, 0.15) is 37.8 Å². The lowest BCUT2D eigenvalue weighted by Gasteiger charge is -2.36. The standard InChI is InChI=1S/C16H23BrN2O2/c1-12(13-5-7-14(17)8-6-13)18-16(21)11-19(9-10-20)15-3-2-4-15/h5-8,12,15,20H,2-4,9-11H2,1H3,(H,18,21). The Morgan fingerprint density at radius 3 is 2.62 bits per heavy atom. The van der Waals surface area contributed by atoms with Crippen molar-refractivity contribution in [3.8, 4) is 0 Å². The first-order valence-electron chi connectivity index (χ1n) is 7.50. The molecule has 116 valence electrons. The van der Waals surface area contributed by atoms with Crippen LogP contribution in [-0.2, 0) is 4.79 Å². The third kappa shape index (κ3) is 4.80. The Labute approximate surface area is 134 Å². The van der Waals surface area contributed by atoms with Crippen LogP contribution in [0.5, 0.6) is 0 Å². The summed E-state index contributed by atoms with van der Waals surface area (Å²) in [7, 11) is 0. The second-order valence-electron chi connectivity index (χ2n) is 5.62. The Morgan fingerprint density at radius 1 is 1.43 bits per heavy atom. The molecule has 2 rings (SSSR count). The molecule has 0 aromatic heterocycles. The fraction of sp³-hybridized carbons (Fsp3) is 0.562. The van der Waals surface area contributed by atoms with E-state index in [0.717, 1.165) is 22.9 Å². The second-order valence-corrected chi connectivity index (χ2v) is 6.54. The molecule has 1 saturated carbocycles. The molecule has 1 fully saturated rings. The van der Waals surface area contributed by atoms with E-state index in [1.165, 1.54) is 6.42 Å². The zero-order valence-corrected chi connectivity index (χ0v) is 14.0. The van der Waals surface area contributed by atoms with Crippen molar-refractivity contribution in [2.45, 2.75) is 38.3 Å². The summed E-state index contributed by atoms with van der Waals surface area (Å²) in [6.45, 7) is 3.03. The van der Waals surface area contributed by atoms with Crippen LogP contribution in [0.2, 0.25) is 0 Å². The number of hydrogen-bond acceptors (Lipinski definition) is 3. The average molecular weight is 355 g/mol. The summed E-state index contributed by atoms with van der Waals surface area (Å²) in [5, 5.41) is 12.2. The van der Waals surface area contributed by atoms with Gasteiger partial charge in [0, 0.05) is 17.1 Å². The number of carbonyl (C=O) groups is 1. The zero-order valence-electron chi connectivity index (χ0n) is 12.4. The molecule has 0 radical (unpaired) electrons. The number of nitrogens with one attached hydrogen (secondary N) is 1. The van der Waals surface area contributed by atoms with Crippen LogP contribution in [0, 0.1) is 0 Å². The summed E-state index contributed by atoms with van der Waals surface area (Å²) in [6.07, 6.45) is 3.49. The van der Waals surface area contributed by atoms with E-state index in [2.05, 4.69) is 26.1 Å². The molecule has 2 N–H and O–H groups in total.